The first kappa shape index (κ1) is 13.5. The Morgan fingerprint density at radius 2 is 1.18 bits per heavy atom. The van der Waals surface area contributed by atoms with Crippen molar-refractivity contribution >= 4 is 6.92 Å². The molecule has 2 aliphatic carbocycles. The molecule has 4 atom stereocenters. The van der Waals surface area contributed by atoms with Gasteiger partial charge in [-0.2, -0.15) is 0 Å². The summed E-state index contributed by atoms with van der Waals surface area (Å²) in [6.07, 6.45) is 11.4. The Morgan fingerprint density at radius 3 is 1.53 bits per heavy atom. The van der Waals surface area contributed by atoms with Crippen molar-refractivity contribution in [1.82, 2.24) is 0 Å². The van der Waals surface area contributed by atoms with Gasteiger partial charge in [0.25, 0.3) is 6.92 Å². The maximum absolute atomic E-state index is 5.97. The molecule has 2 aliphatic rings. The summed E-state index contributed by atoms with van der Waals surface area (Å²) in [4.78, 5) is 0. The van der Waals surface area contributed by atoms with E-state index in [0.717, 1.165) is 23.5 Å². The van der Waals surface area contributed by atoms with Crippen LogP contribution in [0, 0.1) is 11.8 Å². The zero-order chi connectivity index (χ0) is 12.3. The number of hydrogen-bond donors (Lipinski definition) is 0. The molecule has 2 saturated carbocycles. The van der Waals surface area contributed by atoms with Crippen molar-refractivity contribution in [3.63, 3.8) is 0 Å². The van der Waals surface area contributed by atoms with E-state index in [1.54, 1.807) is 0 Å². The van der Waals surface area contributed by atoms with Crippen molar-refractivity contribution in [2.75, 3.05) is 7.11 Å². The van der Waals surface area contributed by atoms with E-state index in [1.807, 2.05) is 7.11 Å². The lowest BCUT2D eigenvalue weighted by Crippen LogP contribution is -2.38. The fourth-order valence-corrected chi connectivity index (χ4v) is 4.33. The van der Waals surface area contributed by atoms with Crippen molar-refractivity contribution < 1.29 is 4.65 Å². The third-order valence-electron chi connectivity index (χ3n) is 5.47. The van der Waals surface area contributed by atoms with Crippen LogP contribution in [0.25, 0.3) is 0 Å². The summed E-state index contributed by atoms with van der Waals surface area (Å²) < 4.78 is 5.97. The molecule has 98 valence electrons. The summed E-state index contributed by atoms with van der Waals surface area (Å²) in [6.45, 7) is 5.44. The maximum Gasteiger partial charge on any atom is 0.299 e. The van der Waals surface area contributed by atoms with E-state index in [-0.39, 0.29) is 0 Å². The summed E-state index contributed by atoms with van der Waals surface area (Å²) in [5.74, 6) is 3.42. The van der Waals surface area contributed by atoms with Crippen LogP contribution in [0.3, 0.4) is 0 Å². The van der Waals surface area contributed by atoms with E-state index < -0.39 is 0 Å². The molecule has 0 bridgehead atoms. The van der Waals surface area contributed by atoms with Crippen LogP contribution in [0.5, 0.6) is 0 Å². The van der Waals surface area contributed by atoms with Crippen LogP contribution < -0.4 is 0 Å². The van der Waals surface area contributed by atoms with E-state index in [9.17, 15) is 0 Å². The van der Waals surface area contributed by atoms with Crippen LogP contribution in [0.4, 0.5) is 0 Å². The van der Waals surface area contributed by atoms with Gasteiger partial charge >= 0.3 is 0 Å². The molecule has 2 rings (SSSR count). The van der Waals surface area contributed by atoms with Gasteiger partial charge in [-0.25, -0.2) is 0 Å². The van der Waals surface area contributed by atoms with Gasteiger partial charge in [0.15, 0.2) is 0 Å². The SMILES string of the molecule is COB(C1CCCC[C@@H]1C)[C@@H]1CCCC[C@H]1C. The second-order valence-electron chi connectivity index (χ2n) is 6.55. The molecule has 0 aromatic carbocycles. The highest BCUT2D eigenvalue weighted by atomic mass is 16.4. The Morgan fingerprint density at radius 1 is 0.765 bits per heavy atom. The van der Waals surface area contributed by atoms with E-state index in [2.05, 4.69) is 13.8 Å². The fraction of sp³-hybridized carbons (Fsp3) is 1.00. The molecule has 0 aromatic rings. The quantitative estimate of drug-likeness (QED) is 0.640. The normalized spacial score (nSPS) is 39.0. The van der Waals surface area contributed by atoms with Crippen molar-refractivity contribution in [1.29, 1.82) is 0 Å². The van der Waals surface area contributed by atoms with E-state index >= 15 is 0 Å². The molecule has 1 unspecified atom stereocenters. The lowest BCUT2D eigenvalue weighted by atomic mass is 9.38. The van der Waals surface area contributed by atoms with Gasteiger partial charge in [0.05, 0.1) is 0 Å². The number of rotatable bonds is 3. The molecule has 0 saturated heterocycles. The average Bonchev–Trinajstić information content (AvgIpc) is 2.34. The number of hydrogen-bond acceptors (Lipinski definition) is 1. The van der Waals surface area contributed by atoms with Crippen LogP contribution in [0.2, 0.25) is 11.6 Å². The first-order valence-electron chi connectivity index (χ1n) is 7.76. The molecule has 0 amide bonds. The van der Waals surface area contributed by atoms with Crippen molar-refractivity contribution in [2.24, 2.45) is 11.8 Å². The van der Waals surface area contributed by atoms with Crippen molar-refractivity contribution in [3.8, 4) is 0 Å². The van der Waals surface area contributed by atoms with E-state index in [4.69, 9.17) is 4.65 Å². The van der Waals surface area contributed by atoms with Gasteiger partial charge < -0.3 is 4.65 Å². The predicted octanol–water partition coefficient (Wildman–Crippen LogP) is 4.78. The van der Waals surface area contributed by atoms with Crippen molar-refractivity contribution in [3.05, 3.63) is 0 Å². The van der Waals surface area contributed by atoms with Crippen LogP contribution in [-0.2, 0) is 4.65 Å². The van der Waals surface area contributed by atoms with Gasteiger partial charge in [-0.15, -0.1) is 0 Å². The van der Waals surface area contributed by atoms with E-state index in [0.29, 0.717) is 6.92 Å². The summed E-state index contributed by atoms with van der Waals surface area (Å²) in [7, 11) is 1.95. The van der Waals surface area contributed by atoms with Gasteiger partial charge in [0.1, 0.15) is 0 Å². The van der Waals surface area contributed by atoms with Crippen molar-refractivity contribution in [2.45, 2.75) is 76.8 Å². The first-order chi connectivity index (χ1) is 8.24. The van der Waals surface area contributed by atoms with Crippen LogP contribution in [0.15, 0.2) is 0 Å². The maximum atomic E-state index is 5.97. The van der Waals surface area contributed by atoms with Gasteiger partial charge in [-0.05, 0) is 23.5 Å². The van der Waals surface area contributed by atoms with Crippen LogP contribution in [0.1, 0.15) is 65.2 Å². The highest BCUT2D eigenvalue weighted by molar-refractivity contribution is 6.55. The Kier molecular flexibility index (Phi) is 4.96. The zero-order valence-electron chi connectivity index (χ0n) is 12.0. The van der Waals surface area contributed by atoms with Gasteiger partial charge in [-0.1, -0.05) is 65.2 Å². The molecule has 0 N–H and O–H groups in total. The molecule has 0 aromatic heterocycles. The van der Waals surface area contributed by atoms with E-state index in [1.165, 1.54) is 51.4 Å². The summed E-state index contributed by atoms with van der Waals surface area (Å²) in [5.41, 5.74) is 0. The average molecular weight is 236 g/mol. The standard InChI is InChI=1S/C15H29BO/c1-12-8-4-6-10-14(12)16(17-3)15-11-7-5-9-13(15)2/h12-15H,4-11H2,1-3H3/t12-,13+,14-,15?/m1/s1. The summed E-state index contributed by atoms with van der Waals surface area (Å²) in [6, 6.07) is 0. The molecule has 2 heteroatoms. The first-order valence-corrected chi connectivity index (χ1v) is 7.76. The molecule has 1 nitrogen and oxygen atoms in total. The summed E-state index contributed by atoms with van der Waals surface area (Å²) >= 11 is 0. The zero-order valence-corrected chi connectivity index (χ0v) is 12.0. The molecule has 0 heterocycles. The van der Waals surface area contributed by atoms with Gasteiger partial charge in [0.2, 0.25) is 0 Å². The van der Waals surface area contributed by atoms with Gasteiger partial charge in [-0.3, -0.25) is 0 Å². The highest BCUT2D eigenvalue weighted by Crippen LogP contribution is 2.46. The third kappa shape index (κ3) is 3.07. The minimum Gasteiger partial charge on any atom is -0.438 e. The fourth-order valence-electron chi connectivity index (χ4n) is 4.33. The van der Waals surface area contributed by atoms with Crippen LogP contribution >= 0.6 is 0 Å². The Balaban J connectivity index is 2.03. The molecule has 0 spiro atoms. The Bertz CT molecular complexity index is 209. The lowest BCUT2D eigenvalue weighted by molar-refractivity contribution is 0.285. The minimum absolute atomic E-state index is 0.542. The molecular weight excluding hydrogens is 207 g/mol. The predicted molar refractivity (Wildman–Crippen MR) is 75.5 cm³/mol. The van der Waals surface area contributed by atoms with Crippen LogP contribution in [-0.4, -0.2) is 14.0 Å². The largest absolute Gasteiger partial charge is 0.438 e. The summed E-state index contributed by atoms with van der Waals surface area (Å²) in [5, 5.41) is 0. The second-order valence-corrected chi connectivity index (χ2v) is 6.55. The van der Waals surface area contributed by atoms with Gasteiger partial charge in [0, 0.05) is 7.11 Å². The highest BCUT2D eigenvalue weighted by Gasteiger charge is 2.41. The third-order valence-corrected chi connectivity index (χ3v) is 5.47. The second kappa shape index (κ2) is 6.27. The molecule has 0 aliphatic heterocycles. The molecule has 0 radical (unpaired) electrons. The monoisotopic (exact) mass is 236 g/mol. The lowest BCUT2D eigenvalue weighted by Gasteiger charge is -2.40. The Labute approximate surface area is 108 Å². The minimum atomic E-state index is 0.542. The smallest absolute Gasteiger partial charge is 0.299 e. The topological polar surface area (TPSA) is 9.23 Å². The Hall–Kier alpha value is 0.0249. The molecule has 2 fully saturated rings. The molecular formula is C15H29BO. The molecule has 17 heavy (non-hydrogen) atoms.